The number of carbonyl (C=O) groups is 2. The summed E-state index contributed by atoms with van der Waals surface area (Å²) in [7, 11) is 0. The summed E-state index contributed by atoms with van der Waals surface area (Å²) in [6.07, 6.45) is 0. The number of carbonyl (C=O) groups excluding carboxylic acids is 2. The lowest BCUT2D eigenvalue weighted by Crippen LogP contribution is -2.22. The SMILES string of the molecule is Cc1nnc(NC(=O)C(C)Sc2cccc(NC(=O)c3ccc(Cl)cc3Cl)c2)s1. The van der Waals surface area contributed by atoms with Crippen molar-refractivity contribution in [1.29, 1.82) is 0 Å². The fourth-order valence-electron chi connectivity index (χ4n) is 2.33. The third-order valence-electron chi connectivity index (χ3n) is 3.71. The van der Waals surface area contributed by atoms with Crippen molar-refractivity contribution in [1.82, 2.24) is 10.2 Å². The van der Waals surface area contributed by atoms with Crippen LogP contribution < -0.4 is 10.6 Å². The first kappa shape index (κ1) is 21.6. The van der Waals surface area contributed by atoms with Crippen LogP contribution in [-0.2, 0) is 4.79 Å². The summed E-state index contributed by atoms with van der Waals surface area (Å²) in [5, 5.41) is 15.0. The smallest absolute Gasteiger partial charge is 0.257 e. The highest BCUT2D eigenvalue weighted by Gasteiger charge is 2.17. The second kappa shape index (κ2) is 9.58. The first-order valence-electron chi connectivity index (χ1n) is 8.46. The fourth-order valence-corrected chi connectivity index (χ4v) is 4.35. The summed E-state index contributed by atoms with van der Waals surface area (Å²) in [5.74, 6) is -0.514. The van der Waals surface area contributed by atoms with Gasteiger partial charge in [-0.2, -0.15) is 0 Å². The van der Waals surface area contributed by atoms with E-state index in [0.29, 0.717) is 21.4 Å². The number of amides is 2. The Morgan fingerprint density at radius 1 is 1.10 bits per heavy atom. The molecule has 2 aromatic carbocycles. The number of hydrogen-bond donors (Lipinski definition) is 2. The monoisotopic (exact) mass is 466 g/mol. The Bertz CT molecular complexity index is 1060. The zero-order chi connectivity index (χ0) is 21.0. The number of nitrogens with one attached hydrogen (secondary N) is 2. The highest BCUT2D eigenvalue weighted by molar-refractivity contribution is 8.00. The Morgan fingerprint density at radius 3 is 2.59 bits per heavy atom. The number of aromatic nitrogens is 2. The molecular weight excluding hydrogens is 451 g/mol. The van der Waals surface area contributed by atoms with Gasteiger partial charge in [0.15, 0.2) is 0 Å². The Morgan fingerprint density at radius 2 is 1.90 bits per heavy atom. The number of aryl methyl sites for hydroxylation is 1. The van der Waals surface area contributed by atoms with Crippen LogP contribution in [0.15, 0.2) is 47.4 Å². The van der Waals surface area contributed by atoms with E-state index in [1.165, 1.54) is 29.2 Å². The van der Waals surface area contributed by atoms with Gasteiger partial charge in [0.25, 0.3) is 5.91 Å². The van der Waals surface area contributed by atoms with Gasteiger partial charge in [0.2, 0.25) is 11.0 Å². The van der Waals surface area contributed by atoms with Crippen LogP contribution in [0, 0.1) is 6.92 Å². The normalized spacial score (nSPS) is 11.7. The van der Waals surface area contributed by atoms with Crippen LogP contribution in [0.4, 0.5) is 10.8 Å². The summed E-state index contributed by atoms with van der Waals surface area (Å²) in [4.78, 5) is 25.7. The van der Waals surface area contributed by atoms with Gasteiger partial charge in [0, 0.05) is 15.6 Å². The lowest BCUT2D eigenvalue weighted by molar-refractivity contribution is -0.115. The van der Waals surface area contributed by atoms with Crippen molar-refractivity contribution in [3.8, 4) is 0 Å². The van der Waals surface area contributed by atoms with Crippen molar-refractivity contribution >= 4 is 68.9 Å². The molecule has 1 atom stereocenters. The minimum absolute atomic E-state index is 0.173. The molecule has 150 valence electrons. The number of halogens is 2. The second-order valence-corrected chi connectivity index (χ2v) is 9.42. The number of hydrogen-bond acceptors (Lipinski definition) is 6. The van der Waals surface area contributed by atoms with E-state index in [4.69, 9.17) is 23.2 Å². The van der Waals surface area contributed by atoms with Crippen LogP contribution in [-0.4, -0.2) is 27.3 Å². The molecule has 0 saturated heterocycles. The van der Waals surface area contributed by atoms with E-state index in [9.17, 15) is 9.59 Å². The van der Waals surface area contributed by atoms with Crippen LogP contribution in [0.1, 0.15) is 22.3 Å². The molecule has 10 heteroatoms. The van der Waals surface area contributed by atoms with E-state index in [1.54, 1.807) is 37.3 Å². The van der Waals surface area contributed by atoms with Gasteiger partial charge in [-0.3, -0.25) is 14.9 Å². The van der Waals surface area contributed by atoms with Gasteiger partial charge in [-0.15, -0.1) is 22.0 Å². The van der Waals surface area contributed by atoms with Gasteiger partial charge in [-0.05, 0) is 50.2 Å². The molecule has 0 fully saturated rings. The molecule has 0 aliphatic heterocycles. The van der Waals surface area contributed by atoms with Gasteiger partial charge >= 0.3 is 0 Å². The van der Waals surface area contributed by atoms with Crippen molar-refractivity contribution in [3.05, 3.63) is 63.1 Å². The standard InChI is InChI=1S/C19H16Cl2N4O2S2/c1-10(17(26)23-19-25-24-11(2)29-19)28-14-5-3-4-13(9-14)22-18(27)15-7-6-12(20)8-16(15)21/h3-10H,1-2H3,(H,22,27)(H,23,25,26). The summed E-state index contributed by atoms with van der Waals surface area (Å²) in [6.45, 7) is 3.62. The lowest BCUT2D eigenvalue weighted by Gasteiger charge is -2.12. The summed E-state index contributed by atoms with van der Waals surface area (Å²) < 4.78 is 0. The van der Waals surface area contributed by atoms with Crippen molar-refractivity contribution < 1.29 is 9.59 Å². The zero-order valence-electron chi connectivity index (χ0n) is 15.4. The van der Waals surface area contributed by atoms with E-state index in [0.717, 1.165) is 9.90 Å². The minimum Gasteiger partial charge on any atom is -0.322 e. The molecule has 1 unspecified atom stereocenters. The molecule has 0 bridgehead atoms. The highest BCUT2D eigenvalue weighted by atomic mass is 35.5. The maximum absolute atomic E-state index is 12.5. The molecule has 1 heterocycles. The van der Waals surface area contributed by atoms with Crippen molar-refractivity contribution in [2.45, 2.75) is 24.0 Å². The van der Waals surface area contributed by atoms with Crippen LogP contribution in [0.5, 0.6) is 0 Å². The Kier molecular flexibility index (Phi) is 7.13. The zero-order valence-corrected chi connectivity index (χ0v) is 18.5. The molecule has 0 radical (unpaired) electrons. The van der Waals surface area contributed by atoms with Gasteiger partial charge in [-0.25, -0.2) is 0 Å². The quantitative estimate of drug-likeness (QED) is 0.466. The largest absolute Gasteiger partial charge is 0.322 e. The van der Waals surface area contributed by atoms with E-state index in [1.807, 2.05) is 13.0 Å². The first-order chi connectivity index (χ1) is 13.8. The summed E-state index contributed by atoms with van der Waals surface area (Å²) in [5.41, 5.74) is 0.924. The van der Waals surface area contributed by atoms with E-state index >= 15 is 0 Å². The van der Waals surface area contributed by atoms with Crippen molar-refractivity contribution in [3.63, 3.8) is 0 Å². The number of rotatable bonds is 6. The van der Waals surface area contributed by atoms with Crippen LogP contribution in [0.2, 0.25) is 10.0 Å². The lowest BCUT2D eigenvalue weighted by atomic mass is 10.2. The Labute approximate surface area is 186 Å². The average molecular weight is 467 g/mol. The van der Waals surface area contributed by atoms with E-state index in [-0.39, 0.29) is 22.1 Å². The topological polar surface area (TPSA) is 84.0 Å². The number of benzene rings is 2. The van der Waals surface area contributed by atoms with E-state index < -0.39 is 0 Å². The molecule has 0 spiro atoms. The first-order valence-corrected chi connectivity index (χ1v) is 10.9. The Hall–Kier alpha value is -2.13. The molecule has 0 saturated carbocycles. The van der Waals surface area contributed by atoms with Gasteiger partial charge in [-0.1, -0.05) is 40.6 Å². The number of thioether (sulfide) groups is 1. The second-order valence-electron chi connectivity index (χ2n) is 5.98. The molecule has 2 amide bonds. The molecule has 0 aliphatic carbocycles. The van der Waals surface area contributed by atoms with Gasteiger partial charge < -0.3 is 5.32 Å². The molecule has 3 rings (SSSR count). The van der Waals surface area contributed by atoms with Gasteiger partial charge in [0.05, 0.1) is 15.8 Å². The molecule has 29 heavy (non-hydrogen) atoms. The average Bonchev–Trinajstić information content (AvgIpc) is 3.06. The molecule has 2 N–H and O–H groups in total. The number of nitrogens with zero attached hydrogens (tertiary/aromatic N) is 2. The highest BCUT2D eigenvalue weighted by Crippen LogP contribution is 2.28. The van der Waals surface area contributed by atoms with E-state index in [2.05, 4.69) is 20.8 Å². The Balaban J connectivity index is 1.64. The van der Waals surface area contributed by atoms with Crippen LogP contribution in [0.25, 0.3) is 0 Å². The predicted octanol–water partition coefficient (Wildman–Crippen LogP) is 5.52. The molecule has 0 aliphatic rings. The van der Waals surface area contributed by atoms with Crippen LogP contribution >= 0.6 is 46.3 Å². The maximum atomic E-state index is 12.5. The molecule has 3 aromatic rings. The number of anilines is 2. The third kappa shape index (κ3) is 5.93. The summed E-state index contributed by atoms with van der Waals surface area (Å²) >= 11 is 14.6. The third-order valence-corrected chi connectivity index (χ3v) is 6.10. The van der Waals surface area contributed by atoms with Crippen molar-refractivity contribution in [2.24, 2.45) is 0 Å². The maximum Gasteiger partial charge on any atom is 0.257 e. The molecule has 6 nitrogen and oxygen atoms in total. The van der Waals surface area contributed by atoms with Crippen molar-refractivity contribution in [2.75, 3.05) is 10.6 Å². The molecular formula is C19H16Cl2N4O2S2. The van der Waals surface area contributed by atoms with Crippen LogP contribution in [0.3, 0.4) is 0 Å². The predicted molar refractivity (Wildman–Crippen MR) is 119 cm³/mol. The van der Waals surface area contributed by atoms with Gasteiger partial charge in [0.1, 0.15) is 5.01 Å². The fraction of sp³-hybridized carbons (Fsp3) is 0.158. The summed E-state index contributed by atoms with van der Waals surface area (Å²) in [6, 6.07) is 11.9. The molecule has 1 aromatic heterocycles. The minimum atomic E-state index is -0.365.